The Morgan fingerprint density at radius 3 is 2.63 bits per heavy atom. The first-order chi connectivity index (χ1) is 12.9. The molecule has 0 saturated heterocycles. The molecule has 0 radical (unpaired) electrons. The lowest BCUT2D eigenvalue weighted by molar-refractivity contribution is -0.136. The highest BCUT2D eigenvalue weighted by molar-refractivity contribution is 5.92. The van der Waals surface area contributed by atoms with Crippen molar-refractivity contribution in [2.75, 3.05) is 13.7 Å². The third kappa shape index (κ3) is 3.19. The van der Waals surface area contributed by atoms with Crippen LogP contribution in [0.4, 0.5) is 4.39 Å². The molecule has 0 aliphatic carbocycles. The molecule has 0 spiro atoms. The largest absolute Gasteiger partial charge is 0.465 e. The van der Waals surface area contributed by atoms with Crippen molar-refractivity contribution >= 4 is 5.97 Å². The summed E-state index contributed by atoms with van der Waals surface area (Å²) in [5, 5.41) is 9.27. The van der Waals surface area contributed by atoms with E-state index in [4.69, 9.17) is 15.2 Å². The van der Waals surface area contributed by atoms with Crippen molar-refractivity contribution in [3.63, 3.8) is 0 Å². The number of rotatable bonds is 4. The molecule has 1 aromatic carbocycles. The predicted octanol–water partition coefficient (Wildman–Crippen LogP) is 1.16. The molecule has 0 unspecified atom stereocenters. The van der Waals surface area contributed by atoms with Crippen LogP contribution in [-0.2, 0) is 16.1 Å². The molecule has 0 fully saturated rings. The van der Waals surface area contributed by atoms with Crippen molar-refractivity contribution in [1.29, 1.82) is 0 Å². The van der Waals surface area contributed by atoms with Crippen LogP contribution < -0.4 is 16.0 Å². The number of carbonyl (C=O) groups excluding carboxylic acids is 1. The third-order valence-electron chi connectivity index (χ3n) is 4.50. The summed E-state index contributed by atoms with van der Waals surface area (Å²) in [4.78, 5) is 25.5. The summed E-state index contributed by atoms with van der Waals surface area (Å²) < 4.78 is 25.1. The summed E-state index contributed by atoms with van der Waals surface area (Å²) in [6, 6.07) is 7.03. The Kier molecular flexibility index (Phi) is 5.00. The highest BCUT2D eigenvalue weighted by Crippen LogP contribution is 2.41. The van der Waals surface area contributed by atoms with Gasteiger partial charge in [-0.2, -0.15) is 0 Å². The van der Waals surface area contributed by atoms with Gasteiger partial charge in [-0.1, -0.05) is 12.1 Å². The molecule has 1 aliphatic heterocycles. The first kappa shape index (κ1) is 18.7. The lowest BCUT2D eigenvalue weighted by atomic mass is 9.83. The molecule has 3 N–H and O–H groups in total. The first-order valence-electron chi connectivity index (χ1n) is 8.25. The molecular weight excluding hydrogens is 355 g/mol. The first-order valence-corrected chi connectivity index (χ1v) is 8.25. The maximum atomic E-state index is 13.4. The zero-order valence-electron chi connectivity index (χ0n) is 14.9. The van der Waals surface area contributed by atoms with Gasteiger partial charge in [0.2, 0.25) is 5.88 Å². The van der Waals surface area contributed by atoms with E-state index >= 15 is 0 Å². The number of fused-ring (bicyclic) bond motifs is 1. The van der Waals surface area contributed by atoms with Crippen molar-refractivity contribution in [1.82, 2.24) is 4.57 Å². The molecule has 8 heteroatoms. The van der Waals surface area contributed by atoms with Crippen molar-refractivity contribution in [2.24, 2.45) is 5.73 Å². The Labute approximate surface area is 154 Å². The monoisotopic (exact) mass is 374 g/mol. The van der Waals surface area contributed by atoms with Gasteiger partial charge < -0.3 is 24.9 Å². The van der Waals surface area contributed by atoms with Crippen LogP contribution in [0.15, 0.2) is 46.6 Å². The van der Waals surface area contributed by atoms with Crippen LogP contribution in [0, 0.1) is 12.7 Å². The topological polar surface area (TPSA) is 104 Å². The van der Waals surface area contributed by atoms with Gasteiger partial charge >= 0.3 is 5.97 Å². The SMILES string of the molecule is COC(=O)C1=C(N)Oc2cc(C)n(CCO)c(=O)c2[C@@H]1c1ccc(F)cc1. The van der Waals surface area contributed by atoms with Gasteiger partial charge in [0.1, 0.15) is 17.1 Å². The molecule has 0 amide bonds. The molecule has 1 aromatic heterocycles. The zero-order valence-corrected chi connectivity index (χ0v) is 14.9. The number of nitrogens with two attached hydrogens (primary N) is 1. The minimum Gasteiger partial charge on any atom is -0.465 e. The second-order valence-electron chi connectivity index (χ2n) is 6.10. The second-order valence-corrected chi connectivity index (χ2v) is 6.10. The number of pyridine rings is 1. The van der Waals surface area contributed by atoms with Gasteiger partial charge in [-0.3, -0.25) is 4.79 Å². The standard InChI is InChI=1S/C19H19FN2O5/c1-10-9-13-15(18(24)22(10)7-8-23)14(11-3-5-12(20)6-4-11)16(17(21)27-13)19(25)26-2/h3-6,9,14,23H,7-8,21H2,1-2H3/t14-/m0/s1. The van der Waals surface area contributed by atoms with Crippen LogP contribution >= 0.6 is 0 Å². The molecule has 7 nitrogen and oxygen atoms in total. The molecule has 1 aliphatic rings. The number of ether oxygens (including phenoxy) is 2. The Morgan fingerprint density at radius 1 is 1.37 bits per heavy atom. The Hall–Kier alpha value is -3.13. The summed E-state index contributed by atoms with van der Waals surface area (Å²) >= 11 is 0. The van der Waals surface area contributed by atoms with Gasteiger partial charge in [-0.25, -0.2) is 9.18 Å². The van der Waals surface area contributed by atoms with E-state index in [0.717, 1.165) is 0 Å². The molecule has 142 valence electrons. The Balaban J connectivity index is 2.32. The fourth-order valence-corrected chi connectivity index (χ4v) is 3.26. The van der Waals surface area contributed by atoms with Crippen LogP contribution in [0.25, 0.3) is 0 Å². The van der Waals surface area contributed by atoms with E-state index in [0.29, 0.717) is 11.3 Å². The van der Waals surface area contributed by atoms with E-state index in [1.165, 1.54) is 35.9 Å². The van der Waals surface area contributed by atoms with Gasteiger partial charge in [-0.15, -0.1) is 0 Å². The van der Waals surface area contributed by atoms with Gasteiger partial charge in [0.25, 0.3) is 5.56 Å². The van der Waals surface area contributed by atoms with Crippen LogP contribution in [0.2, 0.25) is 0 Å². The summed E-state index contributed by atoms with van der Waals surface area (Å²) in [6.45, 7) is 1.55. The van der Waals surface area contributed by atoms with E-state index < -0.39 is 23.3 Å². The fraction of sp³-hybridized carbons (Fsp3) is 0.263. The average molecular weight is 374 g/mol. The number of nitrogens with zero attached hydrogens (tertiary/aromatic N) is 1. The highest BCUT2D eigenvalue weighted by atomic mass is 19.1. The number of benzene rings is 1. The molecule has 27 heavy (non-hydrogen) atoms. The van der Waals surface area contributed by atoms with Gasteiger partial charge in [0.05, 0.1) is 25.2 Å². The highest BCUT2D eigenvalue weighted by Gasteiger charge is 2.38. The number of aromatic nitrogens is 1. The molecule has 3 rings (SSSR count). The van der Waals surface area contributed by atoms with Crippen LogP contribution in [0.3, 0.4) is 0 Å². The van der Waals surface area contributed by atoms with Crippen LogP contribution in [-0.4, -0.2) is 29.4 Å². The van der Waals surface area contributed by atoms with Crippen molar-refractivity contribution in [3.05, 3.63) is 74.8 Å². The van der Waals surface area contributed by atoms with E-state index in [9.17, 15) is 19.1 Å². The maximum absolute atomic E-state index is 13.4. The smallest absolute Gasteiger partial charge is 0.340 e. The van der Waals surface area contributed by atoms with Crippen molar-refractivity contribution < 1.29 is 23.8 Å². The van der Waals surface area contributed by atoms with Crippen LogP contribution in [0.1, 0.15) is 22.7 Å². The average Bonchev–Trinajstić information content (AvgIpc) is 2.64. The van der Waals surface area contributed by atoms with Crippen molar-refractivity contribution in [3.8, 4) is 5.75 Å². The fourth-order valence-electron chi connectivity index (χ4n) is 3.26. The molecular formula is C19H19FN2O5. The third-order valence-corrected chi connectivity index (χ3v) is 4.50. The summed E-state index contributed by atoms with van der Waals surface area (Å²) in [5.74, 6) is -2.06. The molecule has 1 atom stereocenters. The van der Waals surface area contributed by atoms with E-state index in [-0.39, 0.29) is 35.9 Å². The van der Waals surface area contributed by atoms with E-state index in [2.05, 4.69) is 0 Å². The predicted molar refractivity (Wildman–Crippen MR) is 94.6 cm³/mol. The molecule has 0 bridgehead atoms. The zero-order chi connectivity index (χ0) is 19.7. The number of aliphatic hydroxyl groups is 1. The Bertz CT molecular complexity index is 979. The quantitative estimate of drug-likeness (QED) is 0.779. The Morgan fingerprint density at radius 2 is 2.04 bits per heavy atom. The summed E-state index contributed by atoms with van der Waals surface area (Å²) in [5.41, 5.74) is 6.73. The number of halogens is 1. The number of aliphatic hydroxyl groups excluding tert-OH is 1. The molecule has 0 saturated carbocycles. The minimum absolute atomic E-state index is 0.0342. The van der Waals surface area contributed by atoms with E-state index in [1.54, 1.807) is 13.0 Å². The second kappa shape index (κ2) is 7.24. The van der Waals surface area contributed by atoms with E-state index in [1.807, 2.05) is 0 Å². The van der Waals surface area contributed by atoms with Gasteiger partial charge in [-0.05, 0) is 24.6 Å². The lowest BCUT2D eigenvalue weighted by Gasteiger charge is -2.28. The minimum atomic E-state index is -0.889. The number of aryl methyl sites for hydroxylation is 1. The van der Waals surface area contributed by atoms with Crippen molar-refractivity contribution in [2.45, 2.75) is 19.4 Å². The lowest BCUT2D eigenvalue weighted by Crippen LogP contribution is -2.35. The number of methoxy groups -OCH3 is 1. The molecule has 2 heterocycles. The summed E-state index contributed by atoms with van der Waals surface area (Å²) in [7, 11) is 1.19. The summed E-state index contributed by atoms with van der Waals surface area (Å²) in [6.07, 6.45) is 0. The molecule has 2 aromatic rings. The van der Waals surface area contributed by atoms with Gasteiger partial charge in [0.15, 0.2) is 0 Å². The normalized spacial score (nSPS) is 15.9. The van der Waals surface area contributed by atoms with Crippen LogP contribution in [0.5, 0.6) is 5.75 Å². The number of hydrogen-bond donors (Lipinski definition) is 2. The number of carbonyl (C=O) groups is 1. The van der Waals surface area contributed by atoms with Gasteiger partial charge in [0, 0.05) is 18.3 Å². The number of esters is 1. The number of hydrogen-bond acceptors (Lipinski definition) is 6. The maximum Gasteiger partial charge on any atom is 0.340 e.